The number of nitrogens with zero attached hydrogens (tertiary/aromatic N) is 2. The van der Waals surface area contributed by atoms with Crippen LogP contribution in [0, 0.1) is 17.2 Å². The lowest BCUT2D eigenvalue weighted by molar-refractivity contribution is 0.0898. The molecule has 3 rings (SSSR count). The van der Waals surface area contributed by atoms with Crippen LogP contribution in [0.15, 0.2) is 30.3 Å². The number of benzene rings is 1. The van der Waals surface area contributed by atoms with Crippen molar-refractivity contribution in [2.75, 3.05) is 20.1 Å². The fourth-order valence-corrected chi connectivity index (χ4v) is 4.25. The van der Waals surface area contributed by atoms with Crippen molar-refractivity contribution < 1.29 is 0 Å². The summed E-state index contributed by atoms with van der Waals surface area (Å²) >= 11 is 0. The van der Waals surface area contributed by atoms with E-state index in [9.17, 15) is 5.26 Å². The first-order valence-corrected chi connectivity index (χ1v) is 8.19. The van der Waals surface area contributed by atoms with Gasteiger partial charge in [-0.1, -0.05) is 36.8 Å². The maximum Gasteiger partial charge on any atom is 0.144 e. The number of nitriles is 1. The minimum absolute atomic E-state index is 0.592. The Bertz CT molecular complexity index is 507. The lowest BCUT2D eigenvalue weighted by Crippen LogP contribution is -2.53. The zero-order chi connectivity index (χ0) is 14.7. The molecule has 1 saturated heterocycles. The Morgan fingerprint density at radius 3 is 2.71 bits per heavy atom. The second-order valence-electron chi connectivity index (χ2n) is 6.50. The summed E-state index contributed by atoms with van der Waals surface area (Å²) in [7, 11) is 1.91. The van der Waals surface area contributed by atoms with Crippen LogP contribution in [0.3, 0.4) is 0 Å². The van der Waals surface area contributed by atoms with Gasteiger partial charge in [0.05, 0.1) is 6.07 Å². The first-order valence-electron chi connectivity index (χ1n) is 8.19. The van der Waals surface area contributed by atoms with E-state index in [2.05, 4.69) is 28.4 Å². The van der Waals surface area contributed by atoms with Crippen LogP contribution in [-0.2, 0) is 5.54 Å². The van der Waals surface area contributed by atoms with Crippen molar-refractivity contribution in [3.63, 3.8) is 0 Å². The van der Waals surface area contributed by atoms with Crippen molar-refractivity contribution in [3.05, 3.63) is 35.9 Å². The average molecular weight is 283 g/mol. The van der Waals surface area contributed by atoms with Gasteiger partial charge in [0.25, 0.3) is 0 Å². The number of likely N-dealkylation sites (tertiary alicyclic amines) is 1. The summed E-state index contributed by atoms with van der Waals surface area (Å²) in [6.45, 7) is 1.93. The van der Waals surface area contributed by atoms with Crippen molar-refractivity contribution >= 4 is 0 Å². The van der Waals surface area contributed by atoms with Crippen LogP contribution in [0.2, 0.25) is 0 Å². The number of rotatable bonds is 4. The van der Waals surface area contributed by atoms with Gasteiger partial charge in [-0.25, -0.2) is 0 Å². The molecule has 3 heteroatoms. The Labute approximate surface area is 128 Å². The Kier molecular flexibility index (Phi) is 4.28. The van der Waals surface area contributed by atoms with Gasteiger partial charge in [-0.05, 0) is 50.8 Å². The summed E-state index contributed by atoms with van der Waals surface area (Å²) in [5.41, 5.74) is 0.487. The van der Waals surface area contributed by atoms with Gasteiger partial charge in [-0.15, -0.1) is 0 Å². The molecular formula is C18H25N3. The first kappa shape index (κ1) is 14.6. The van der Waals surface area contributed by atoms with E-state index >= 15 is 0 Å². The molecule has 3 unspecified atom stereocenters. The van der Waals surface area contributed by atoms with Gasteiger partial charge in [0, 0.05) is 12.6 Å². The Morgan fingerprint density at radius 1 is 1.24 bits per heavy atom. The van der Waals surface area contributed by atoms with Crippen molar-refractivity contribution in [1.82, 2.24) is 10.2 Å². The molecular weight excluding hydrogens is 258 g/mol. The van der Waals surface area contributed by atoms with E-state index in [1.807, 2.05) is 25.2 Å². The second-order valence-corrected chi connectivity index (χ2v) is 6.50. The molecule has 0 bridgehead atoms. The Balaban J connectivity index is 1.84. The third kappa shape index (κ3) is 2.71. The van der Waals surface area contributed by atoms with Crippen molar-refractivity contribution in [3.8, 4) is 6.07 Å². The van der Waals surface area contributed by atoms with E-state index < -0.39 is 5.54 Å². The highest BCUT2D eigenvalue weighted by atomic mass is 15.2. The molecule has 2 aliphatic rings. The summed E-state index contributed by atoms with van der Waals surface area (Å²) in [5, 5.41) is 13.2. The molecule has 0 amide bonds. The Morgan fingerprint density at radius 2 is 2.00 bits per heavy atom. The summed E-state index contributed by atoms with van der Waals surface area (Å²) in [6, 6.07) is 13.4. The highest BCUT2D eigenvalue weighted by Gasteiger charge is 2.40. The largest absolute Gasteiger partial charge is 0.298 e. The number of piperidine rings is 1. The van der Waals surface area contributed by atoms with E-state index in [0.29, 0.717) is 6.04 Å². The smallest absolute Gasteiger partial charge is 0.144 e. The zero-order valence-corrected chi connectivity index (χ0v) is 12.9. The molecule has 1 N–H and O–H groups in total. The van der Waals surface area contributed by atoms with Crippen LogP contribution in [0.4, 0.5) is 0 Å². The molecule has 2 fully saturated rings. The highest BCUT2D eigenvalue weighted by Crippen LogP contribution is 2.38. The number of nitrogens with one attached hydrogen (secondary N) is 1. The number of fused-ring (bicyclic) bond motifs is 1. The van der Waals surface area contributed by atoms with Crippen LogP contribution in [0.1, 0.15) is 37.7 Å². The summed E-state index contributed by atoms with van der Waals surface area (Å²) < 4.78 is 0. The van der Waals surface area contributed by atoms with E-state index in [1.165, 1.54) is 32.1 Å². The second kappa shape index (κ2) is 6.17. The third-order valence-corrected chi connectivity index (χ3v) is 5.43. The third-order valence-electron chi connectivity index (χ3n) is 5.43. The number of likely N-dealkylation sites (N-methyl/N-ethyl adjacent to an activating group) is 1. The van der Waals surface area contributed by atoms with Gasteiger partial charge < -0.3 is 0 Å². The maximum absolute atomic E-state index is 9.86. The molecule has 0 radical (unpaired) electrons. The molecule has 3 atom stereocenters. The summed E-state index contributed by atoms with van der Waals surface area (Å²) in [4.78, 5) is 2.58. The molecule has 0 spiro atoms. The van der Waals surface area contributed by atoms with Gasteiger partial charge in [0.2, 0.25) is 0 Å². The van der Waals surface area contributed by atoms with Gasteiger partial charge in [0.1, 0.15) is 5.54 Å². The molecule has 0 aromatic heterocycles. The first-order chi connectivity index (χ1) is 10.3. The van der Waals surface area contributed by atoms with E-state index in [1.54, 1.807) is 0 Å². The van der Waals surface area contributed by atoms with Crippen LogP contribution < -0.4 is 5.32 Å². The summed E-state index contributed by atoms with van der Waals surface area (Å²) in [6.07, 6.45) is 6.71. The predicted molar refractivity (Wildman–Crippen MR) is 84.7 cm³/mol. The van der Waals surface area contributed by atoms with Gasteiger partial charge in [0.15, 0.2) is 0 Å². The SMILES string of the molecule is CNC(C#N)(CN1CCCC2CCCC21)c1ccccc1. The molecule has 1 aromatic rings. The minimum Gasteiger partial charge on any atom is -0.298 e. The van der Waals surface area contributed by atoms with Crippen molar-refractivity contribution in [1.29, 1.82) is 5.26 Å². The molecule has 21 heavy (non-hydrogen) atoms. The van der Waals surface area contributed by atoms with Crippen molar-refractivity contribution in [2.24, 2.45) is 5.92 Å². The topological polar surface area (TPSA) is 39.1 Å². The van der Waals surface area contributed by atoms with Crippen LogP contribution in [0.25, 0.3) is 0 Å². The van der Waals surface area contributed by atoms with Crippen LogP contribution >= 0.6 is 0 Å². The fourth-order valence-electron chi connectivity index (χ4n) is 4.25. The molecule has 1 aliphatic carbocycles. The van der Waals surface area contributed by atoms with Gasteiger partial charge in [-0.2, -0.15) is 5.26 Å². The molecule has 1 heterocycles. The van der Waals surface area contributed by atoms with Crippen LogP contribution in [0.5, 0.6) is 0 Å². The van der Waals surface area contributed by atoms with Gasteiger partial charge >= 0.3 is 0 Å². The average Bonchev–Trinajstić information content (AvgIpc) is 3.03. The van der Waals surface area contributed by atoms with E-state index in [4.69, 9.17) is 0 Å². The van der Waals surface area contributed by atoms with E-state index in [0.717, 1.165) is 24.6 Å². The molecule has 1 aromatic carbocycles. The fraction of sp³-hybridized carbons (Fsp3) is 0.611. The van der Waals surface area contributed by atoms with E-state index in [-0.39, 0.29) is 0 Å². The minimum atomic E-state index is -0.592. The summed E-state index contributed by atoms with van der Waals surface area (Å²) in [5.74, 6) is 0.864. The predicted octanol–water partition coefficient (Wildman–Crippen LogP) is 2.89. The molecule has 1 saturated carbocycles. The van der Waals surface area contributed by atoms with Crippen LogP contribution in [-0.4, -0.2) is 31.1 Å². The maximum atomic E-state index is 9.86. The lowest BCUT2D eigenvalue weighted by Gasteiger charge is -2.42. The molecule has 1 aliphatic heterocycles. The zero-order valence-electron chi connectivity index (χ0n) is 12.9. The highest BCUT2D eigenvalue weighted by molar-refractivity contribution is 5.32. The standard InChI is InChI=1S/C18H25N3/c1-20-18(13-19,16-9-3-2-4-10-16)14-21-12-6-8-15-7-5-11-17(15)21/h2-4,9-10,15,17,20H,5-8,11-12,14H2,1H3. The lowest BCUT2D eigenvalue weighted by atomic mass is 9.86. The molecule has 112 valence electrons. The number of hydrogen-bond donors (Lipinski definition) is 1. The number of hydrogen-bond acceptors (Lipinski definition) is 3. The Hall–Kier alpha value is -1.37. The molecule has 3 nitrogen and oxygen atoms in total. The van der Waals surface area contributed by atoms with Gasteiger partial charge in [-0.3, -0.25) is 10.2 Å². The monoisotopic (exact) mass is 283 g/mol. The quantitative estimate of drug-likeness (QED) is 0.923. The normalized spacial score (nSPS) is 28.6. The van der Waals surface area contributed by atoms with Crippen molar-refractivity contribution in [2.45, 2.75) is 43.7 Å².